The van der Waals surface area contributed by atoms with Crippen molar-refractivity contribution >= 4 is 40.3 Å². The molecule has 1 N–H and O–H groups in total. The molecule has 39 heavy (non-hydrogen) atoms. The molecule has 6 rings (SSSR count). The molecule has 6 nitrogen and oxygen atoms in total. The highest BCUT2D eigenvalue weighted by Gasteiger charge is 2.44. The lowest BCUT2D eigenvalue weighted by atomic mass is 9.81. The molecule has 3 aliphatic rings. The number of carbonyl (C=O) groups is 3. The first-order chi connectivity index (χ1) is 19.0. The molecule has 202 valence electrons. The third-order valence-electron chi connectivity index (χ3n) is 8.54. The van der Waals surface area contributed by atoms with E-state index < -0.39 is 17.6 Å². The van der Waals surface area contributed by atoms with Gasteiger partial charge in [0, 0.05) is 17.6 Å². The lowest BCUT2D eigenvalue weighted by Crippen LogP contribution is -2.53. The smallest absolute Gasteiger partial charge is 0.262 e. The molecular formula is C31H32FN3O3S. The number of halogens is 1. The Hall–Kier alpha value is -3.26. The third-order valence-corrected chi connectivity index (χ3v) is 9.59. The van der Waals surface area contributed by atoms with Crippen LogP contribution in [-0.4, -0.2) is 51.2 Å². The summed E-state index contributed by atoms with van der Waals surface area (Å²) >= 11 is 1.93. The van der Waals surface area contributed by atoms with Crippen LogP contribution in [-0.2, 0) is 4.79 Å². The Morgan fingerprint density at radius 1 is 1.00 bits per heavy atom. The molecule has 0 bridgehead atoms. The Morgan fingerprint density at radius 3 is 2.54 bits per heavy atom. The average Bonchev–Trinajstić information content (AvgIpc) is 2.96. The van der Waals surface area contributed by atoms with Gasteiger partial charge in [-0.3, -0.25) is 24.3 Å². The highest BCUT2D eigenvalue weighted by atomic mass is 32.2. The fourth-order valence-corrected chi connectivity index (χ4v) is 7.66. The number of aromatic nitrogens is 1. The van der Waals surface area contributed by atoms with E-state index in [0.717, 1.165) is 41.3 Å². The predicted molar refractivity (Wildman–Crippen MR) is 150 cm³/mol. The van der Waals surface area contributed by atoms with Crippen molar-refractivity contribution in [3.05, 3.63) is 77.4 Å². The van der Waals surface area contributed by atoms with E-state index in [-0.39, 0.29) is 29.5 Å². The normalized spacial score (nSPS) is 24.0. The Labute approximate surface area is 231 Å². The topological polar surface area (TPSA) is 79.4 Å². The maximum absolute atomic E-state index is 14.2. The minimum Gasteiger partial charge on any atom is -0.349 e. The molecule has 1 saturated heterocycles. The fraction of sp³-hybridized carbons (Fsp3) is 0.419. The summed E-state index contributed by atoms with van der Waals surface area (Å²) in [5, 5.41) is 5.10. The molecule has 1 atom stereocenters. The van der Waals surface area contributed by atoms with Gasteiger partial charge in [0.2, 0.25) is 5.91 Å². The van der Waals surface area contributed by atoms with Gasteiger partial charge in [0.1, 0.15) is 5.82 Å². The Bertz CT molecular complexity index is 1410. The molecule has 1 aliphatic carbocycles. The summed E-state index contributed by atoms with van der Waals surface area (Å²) in [7, 11) is 0. The number of amides is 3. The van der Waals surface area contributed by atoms with E-state index >= 15 is 0 Å². The van der Waals surface area contributed by atoms with Gasteiger partial charge < -0.3 is 5.32 Å². The summed E-state index contributed by atoms with van der Waals surface area (Å²) in [6.45, 7) is 0. The number of thioether (sulfide) groups is 1. The zero-order chi connectivity index (χ0) is 26.9. The van der Waals surface area contributed by atoms with E-state index in [1.54, 1.807) is 0 Å². The number of hydrogen-bond acceptors (Lipinski definition) is 5. The lowest BCUT2D eigenvalue weighted by molar-refractivity contribution is -0.134. The molecule has 0 spiro atoms. The molecular weight excluding hydrogens is 513 g/mol. The number of nitrogens with one attached hydrogen (secondary N) is 1. The maximum atomic E-state index is 14.2. The molecule has 8 heteroatoms. The van der Waals surface area contributed by atoms with Gasteiger partial charge in [-0.05, 0) is 85.3 Å². The largest absolute Gasteiger partial charge is 0.349 e. The zero-order valence-electron chi connectivity index (χ0n) is 21.8. The van der Waals surface area contributed by atoms with Crippen molar-refractivity contribution in [2.75, 3.05) is 11.5 Å². The summed E-state index contributed by atoms with van der Waals surface area (Å²) in [6, 6.07) is 14.5. The number of pyridine rings is 1. The summed E-state index contributed by atoms with van der Waals surface area (Å²) in [6.07, 6.45) is 6.37. The number of fused-ring (bicyclic) bond motifs is 2. The highest BCUT2D eigenvalue weighted by molar-refractivity contribution is 7.99. The van der Waals surface area contributed by atoms with E-state index in [1.165, 1.54) is 11.0 Å². The maximum Gasteiger partial charge on any atom is 0.262 e. The molecule has 3 amide bonds. The molecule has 3 heterocycles. The first-order valence-corrected chi connectivity index (χ1v) is 15.0. The molecule has 1 saturated carbocycles. The number of imide groups is 1. The monoisotopic (exact) mass is 545 g/mol. The van der Waals surface area contributed by atoms with Crippen molar-refractivity contribution < 1.29 is 18.8 Å². The van der Waals surface area contributed by atoms with Crippen LogP contribution in [0.2, 0.25) is 0 Å². The van der Waals surface area contributed by atoms with Gasteiger partial charge in [0.05, 0.1) is 23.4 Å². The number of hydrogen-bond donors (Lipinski definition) is 1. The second-order valence-corrected chi connectivity index (χ2v) is 12.2. The van der Waals surface area contributed by atoms with E-state index in [2.05, 4.69) is 10.3 Å². The van der Waals surface area contributed by atoms with Gasteiger partial charge in [-0.25, -0.2) is 4.39 Å². The van der Waals surface area contributed by atoms with Gasteiger partial charge in [-0.15, -0.1) is 0 Å². The van der Waals surface area contributed by atoms with Crippen LogP contribution in [0.3, 0.4) is 0 Å². The number of rotatable bonds is 5. The highest BCUT2D eigenvalue weighted by Crippen LogP contribution is 2.39. The Kier molecular flexibility index (Phi) is 7.38. The first kappa shape index (κ1) is 26.0. The minimum atomic E-state index is -0.566. The van der Waals surface area contributed by atoms with Crippen LogP contribution in [0.1, 0.15) is 77.3 Å². The van der Waals surface area contributed by atoms with Gasteiger partial charge >= 0.3 is 0 Å². The summed E-state index contributed by atoms with van der Waals surface area (Å²) in [4.78, 5) is 46.1. The van der Waals surface area contributed by atoms with Crippen molar-refractivity contribution in [2.45, 2.75) is 62.9 Å². The van der Waals surface area contributed by atoms with E-state index in [0.29, 0.717) is 49.3 Å². The van der Waals surface area contributed by atoms with Gasteiger partial charge in [-0.1, -0.05) is 36.4 Å². The molecule has 2 aliphatic heterocycles. The van der Waals surface area contributed by atoms with Crippen LogP contribution in [0.5, 0.6) is 0 Å². The SMILES string of the molecule is O=C(NC1CCC(N2C(=O)c3cc(F)cnc3C(CC3CCSCC3)C2=O)CC1)c1cccc2ccccc12. The first-order valence-electron chi connectivity index (χ1n) is 13.9. The molecule has 2 fully saturated rings. The number of benzene rings is 2. The van der Waals surface area contributed by atoms with Crippen molar-refractivity contribution in [2.24, 2.45) is 5.92 Å². The lowest BCUT2D eigenvalue weighted by Gasteiger charge is -2.41. The van der Waals surface area contributed by atoms with Crippen LogP contribution in [0.15, 0.2) is 54.7 Å². The molecule has 0 radical (unpaired) electrons. The van der Waals surface area contributed by atoms with E-state index in [9.17, 15) is 18.8 Å². The zero-order valence-corrected chi connectivity index (χ0v) is 22.6. The molecule has 2 aromatic carbocycles. The van der Waals surface area contributed by atoms with Crippen LogP contribution < -0.4 is 5.32 Å². The van der Waals surface area contributed by atoms with Gasteiger partial charge in [-0.2, -0.15) is 11.8 Å². The summed E-state index contributed by atoms with van der Waals surface area (Å²) < 4.78 is 14.2. The van der Waals surface area contributed by atoms with Crippen LogP contribution in [0, 0.1) is 11.7 Å². The average molecular weight is 546 g/mol. The van der Waals surface area contributed by atoms with Crippen molar-refractivity contribution in [1.82, 2.24) is 15.2 Å². The molecule has 3 aromatic rings. The standard InChI is InChI=1S/C31H32FN3O3S/c32-21-17-27-28(33-18-21)26(16-19-12-14-39-15-13-19)30(37)35(31(27)38)23-10-8-22(9-11-23)34-29(36)25-7-3-5-20-4-1-2-6-24(20)25/h1-7,17-19,22-23,26H,8-16H2,(H,34,36). The van der Waals surface area contributed by atoms with Crippen LogP contribution >= 0.6 is 11.8 Å². The molecule has 1 aromatic heterocycles. The van der Waals surface area contributed by atoms with Crippen molar-refractivity contribution in [3.63, 3.8) is 0 Å². The Morgan fingerprint density at radius 2 is 1.74 bits per heavy atom. The molecule has 1 unspecified atom stereocenters. The number of nitrogens with zero attached hydrogens (tertiary/aromatic N) is 2. The van der Waals surface area contributed by atoms with Crippen molar-refractivity contribution in [3.8, 4) is 0 Å². The fourth-order valence-electron chi connectivity index (χ4n) is 6.45. The second-order valence-electron chi connectivity index (χ2n) is 10.9. The van der Waals surface area contributed by atoms with Crippen molar-refractivity contribution in [1.29, 1.82) is 0 Å². The van der Waals surface area contributed by atoms with Crippen LogP contribution in [0.4, 0.5) is 4.39 Å². The summed E-state index contributed by atoms with van der Waals surface area (Å²) in [5.74, 6) is 0.711. The van der Waals surface area contributed by atoms with Gasteiger partial charge in [0.25, 0.3) is 11.8 Å². The van der Waals surface area contributed by atoms with Gasteiger partial charge in [0.15, 0.2) is 0 Å². The second kappa shape index (κ2) is 11.1. The Balaban J connectivity index is 1.16. The van der Waals surface area contributed by atoms with E-state index in [4.69, 9.17) is 0 Å². The third kappa shape index (κ3) is 5.19. The quantitative estimate of drug-likeness (QED) is 0.415. The van der Waals surface area contributed by atoms with E-state index in [1.807, 2.05) is 54.2 Å². The predicted octanol–water partition coefficient (Wildman–Crippen LogP) is 5.71. The number of carbonyl (C=O) groups excluding carboxylic acids is 3. The van der Waals surface area contributed by atoms with Crippen LogP contribution in [0.25, 0.3) is 10.8 Å². The summed E-state index contributed by atoms with van der Waals surface area (Å²) in [5.41, 5.74) is 1.29. The minimum absolute atomic E-state index is 0.0374.